The number of nitrogens with zero attached hydrogens (tertiary/aromatic N) is 2. The molecule has 0 radical (unpaired) electrons. The summed E-state index contributed by atoms with van der Waals surface area (Å²) in [5.74, 6) is -1.23. The Kier molecular flexibility index (Phi) is 3.14. The van der Waals surface area contributed by atoms with Crippen molar-refractivity contribution in [3.8, 4) is 5.75 Å². The van der Waals surface area contributed by atoms with Gasteiger partial charge in [-0.3, -0.25) is 25.0 Å². The average molecular weight is 226 g/mol. The molecule has 0 amide bonds. The lowest BCUT2D eigenvalue weighted by Gasteiger charge is -2.01. The fourth-order valence-corrected chi connectivity index (χ4v) is 1.00. The van der Waals surface area contributed by atoms with Crippen molar-refractivity contribution >= 4 is 17.3 Å². The molecule has 0 saturated carbocycles. The van der Waals surface area contributed by atoms with Gasteiger partial charge in [-0.25, -0.2) is 0 Å². The van der Waals surface area contributed by atoms with Crippen LogP contribution in [0.15, 0.2) is 18.2 Å². The van der Waals surface area contributed by atoms with Crippen LogP contribution < -0.4 is 4.74 Å². The van der Waals surface area contributed by atoms with Crippen LogP contribution in [0, 0.1) is 20.2 Å². The van der Waals surface area contributed by atoms with E-state index in [1.54, 1.807) is 0 Å². The first-order valence-electron chi connectivity index (χ1n) is 4.03. The van der Waals surface area contributed by atoms with Crippen LogP contribution in [-0.2, 0) is 4.79 Å². The molecule has 0 saturated heterocycles. The zero-order chi connectivity index (χ0) is 12.3. The predicted molar refractivity (Wildman–Crippen MR) is 51.1 cm³/mol. The van der Waals surface area contributed by atoms with Gasteiger partial charge in [-0.05, 0) is 0 Å². The summed E-state index contributed by atoms with van der Waals surface area (Å²) in [6, 6.07) is 2.71. The lowest BCUT2D eigenvalue weighted by molar-refractivity contribution is -0.389. The summed E-state index contributed by atoms with van der Waals surface area (Å²) < 4.78 is 4.51. The van der Waals surface area contributed by atoms with E-state index >= 15 is 0 Å². The van der Waals surface area contributed by atoms with Crippen LogP contribution in [0.3, 0.4) is 0 Å². The monoisotopic (exact) mass is 226 g/mol. The Bertz CT molecular complexity index is 470. The summed E-state index contributed by atoms with van der Waals surface area (Å²) in [6.45, 7) is 1.04. The molecule has 0 atom stereocenters. The maximum absolute atomic E-state index is 10.7. The van der Waals surface area contributed by atoms with E-state index in [0.29, 0.717) is 0 Å². The molecular formula is C8H6N2O6. The normalized spacial score (nSPS) is 9.56. The first kappa shape index (κ1) is 11.6. The Morgan fingerprint density at radius 2 is 1.88 bits per heavy atom. The molecule has 0 spiro atoms. The van der Waals surface area contributed by atoms with Crippen LogP contribution in [-0.4, -0.2) is 15.8 Å². The van der Waals surface area contributed by atoms with Gasteiger partial charge in [-0.1, -0.05) is 0 Å². The third-order valence-corrected chi connectivity index (χ3v) is 1.60. The summed E-state index contributed by atoms with van der Waals surface area (Å²) in [6.07, 6.45) is 0. The fraction of sp³-hybridized carbons (Fsp3) is 0.125. The largest absolute Gasteiger partial charge is 0.419 e. The predicted octanol–water partition coefficient (Wildman–Crippen LogP) is 1.43. The van der Waals surface area contributed by atoms with Gasteiger partial charge in [0.05, 0.1) is 15.9 Å². The van der Waals surface area contributed by atoms with Gasteiger partial charge in [0, 0.05) is 19.1 Å². The molecule has 0 aliphatic carbocycles. The van der Waals surface area contributed by atoms with Gasteiger partial charge in [-0.2, -0.15) is 0 Å². The molecule has 1 aromatic carbocycles. The van der Waals surface area contributed by atoms with E-state index < -0.39 is 27.3 Å². The van der Waals surface area contributed by atoms with Gasteiger partial charge in [0.25, 0.3) is 5.69 Å². The average Bonchev–Trinajstić information content (AvgIpc) is 2.15. The van der Waals surface area contributed by atoms with Crippen molar-refractivity contribution in [2.24, 2.45) is 0 Å². The topological polar surface area (TPSA) is 113 Å². The SMILES string of the molecule is CC(=O)Oc1cc([N+](=O)[O-])ccc1[N+](=O)[O-]. The molecule has 8 heteroatoms. The fourth-order valence-electron chi connectivity index (χ4n) is 1.00. The van der Waals surface area contributed by atoms with Crippen LogP contribution in [0.25, 0.3) is 0 Å². The van der Waals surface area contributed by atoms with E-state index in [-0.39, 0.29) is 5.69 Å². The van der Waals surface area contributed by atoms with Crippen LogP contribution in [0.1, 0.15) is 6.92 Å². The minimum Gasteiger partial charge on any atom is -0.419 e. The number of nitro benzene ring substituents is 2. The van der Waals surface area contributed by atoms with Crippen LogP contribution in [0.5, 0.6) is 5.75 Å². The number of esters is 1. The highest BCUT2D eigenvalue weighted by molar-refractivity contribution is 5.71. The van der Waals surface area contributed by atoms with Crippen molar-refractivity contribution < 1.29 is 19.4 Å². The van der Waals surface area contributed by atoms with Gasteiger partial charge in [0.1, 0.15) is 0 Å². The third kappa shape index (κ3) is 2.50. The quantitative estimate of drug-likeness (QED) is 0.333. The molecule has 84 valence electrons. The Morgan fingerprint density at radius 1 is 1.25 bits per heavy atom. The van der Waals surface area contributed by atoms with E-state index in [4.69, 9.17) is 0 Å². The molecule has 0 fully saturated rings. The maximum atomic E-state index is 10.7. The van der Waals surface area contributed by atoms with Gasteiger partial charge in [-0.15, -0.1) is 0 Å². The van der Waals surface area contributed by atoms with Crippen molar-refractivity contribution in [2.45, 2.75) is 6.92 Å². The standard InChI is InChI=1S/C8H6N2O6/c1-5(11)16-8-4-6(9(12)13)2-3-7(8)10(14)15/h2-4H,1H3. The van der Waals surface area contributed by atoms with Gasteiger partial charge in [0.15, 0.2) is 0 Å². The van der Waals surface area contributed by atoms with E-state index in [2.05, 4.69) is 4.74 Å². The van der Waals surface area contributed by atoms with Gasteiger partial charge < -0.3 is 4.74 Å². The lowest BCUT2D eigenvalue weighted by Crippen LogP contribution is -2.04. The zero-order valence-electron chi connectivity index (χ0n) is 8.08. The molecule has 0 aliphatic heterocycles. The summed E-state index contributed by atoms with van der Waals surface area (Å²) in [4.78, 5) is 30.1. The number of nitro groups is 2. The molecular weight excluding hydrogens is 220 g/mol. The van der Waals surface area contributed by atoms with E-state index in [1.165, 1.54) is 0 Å². The molecule has 1 rings (SSSR count). The second kappa shape index (κ2) is 4.34. The first-order chi connectivity index (χ1) is 7.41. The van der Waals surface area contributed by atoms with Crippen LogP contribution in [0.4, 0.5) is 11.4 Å². The molecule has 0 N–H and O–H groups in total. The number of ether oxygens (including phenoxy) is 1. The molecule has 1 aromatic rings. The highest BCUT2D eigenvalue weighted by atomic mass is 16.6. The molecule has 16 heavy (non-hydrogen) atoms. The summed E-state index contributed by atoms with van der Waals surface area (Å²) >= 11 is 0. The molecule has 0 bridgehead atoms. The zero-order valence-corrected chi connectivity index (χ0v) is 8.08. The number of carbonyl (C=O) groups excluding carboxylic acids is 1. The van der Waals surface area contributed by atoms with E-state index in [0.717, 1.165) is 25.1 Å². The maximum Gasteiger partial charge on any atom is 0.312 e. The molecule has 0 heterocycles. The number of hydrogen-bond donors (Lipinski definition) is 0. The van der Waals surface area contributed by atoms with E-state index in [1.807, 2.05) is 0 Å². The number of benzene rings is 1. The molecule has 8 nitrogen and oxygen atoms in total. The summed E-state index contributed by atoms with van der Waals surface area (Å²) in [5.41, 5.74) is -0.886. The summed E-state index contributed by atoms with van der Waals surface area (Å²) in [7, 11) is 0. The smallest absolute Gasteiger partial charge is 0.312 e. The Hall–Kier alpha value is -2.51. The van der Waals surface area contributed by atoms with E-state index in [9.17, 15) is 25.0 Å². The highest BCUT2D eigenvalue weighted by Gasteiger charge is 2.20. The first-order valence-corrected chi connectivity index (χ1v) is 4.03. The second-order valence-electron chi connectivity index (χ2n) is 2.76. The Labute approximate surface area is 88.7 Å². The highest BCUT2D eigenvalue weighted by Crippen LogP contribution is 2.30. The van der Waals surface area contributed by atoms with Crippen LogP contribution in [0.2, 0.25) is 0 Å². The Morgan fingerprint density at radius 3 is 2.31 bits per heavy atom. The molecule has 0 aromatic heterocycles. The molecule has 0 aliphatic rings. The van der Waals surface area contributed by atoms with Crippen molar-refractivity contribution in [2.75, 3.05) is 0 Å². The third-order valence-electron chi connectivity index (χ3n) is 1.60. The minimum atomic E-state index is -0.790. The van der Waals surface area contributed by atoms with Gasteiger partial charge in [0.2, 0.25) is 5.75 Å². The van der Waals surface area contributed by atoms with Gasteiger partial charge >= 0.3 is 11.7 Å². The van der Waals surface area contributed by atoms with Crippen molar-refractivity contribution in [3.05, 3.63) is 38.4 Å². The second-order valence-corrected chi connectivity index (χ2v) is 2.76. The lowest BCUT2D eigenvalue weighted by atomic mass is 10.2. The van der Waals surface area contributed by atoms with Crippen molar-refractivity contribution in [3.63, 3.8) is 0 Å². The number of rotatable bonds is 3. The number of hydrogen-bond acceptors (Lipinski definition) is 6. The molecule has 0 unspecified atom stereocenters. The Balaban J connectivity index is 3.26. The number of carbonyl (C=O) groups is 1. The van der Waals surface area contributed by atoms with Crippen molar-refractivity contribution in [1.82, 2.24) is 0 Å². The minimum absolute atomic E-state index is 0.387. The van der Waals surface area contributed by atoms with Crippen LogP contribution >= 0.6 is 0 Å². The van der Waals surface area contributed by atoms with Crippen molar-refractivity contribution in [1.29, 1.82) is 0 Å². The number of non-ortho nitro benzene ring substituents is 1. The summed E-state index contributed by atoms with van der Waals surface area (Å²) in [5, 5.41) is 20.9.